The van der Waals surface area contributed by atoms with E-state index in [9.17, 15) is 0 Å². The lowest BCUT2D eigenvalue weighted by atomic mass is 10.0. The van der Waals surface area contributed by atoms with Crippen LogP contribution in [-0.4, -0.2) is 71.0 Å². The Labute approximate surface area is 239 Å². The molecule has 3 aromatic rings. The van der Waals surface area contributed by atoms with E-state index in [4.69, 9.17) is 25.2 Å². The van der Waals surface area contributed by atoms with Gasteiger partial charge in [0.15, 0.2) is 6.23 Å². The number of piperidine rings is 1. The Morgan fingerprint density at radius 1 is 1.12 bits per heavy atom. The molecule has 0 bridgehead atoms. The van der Waals surface area contributed by atoms with Crippen LogP contribution in [0.15, 0.2) is 42.6 Å². The minimum absolute atomic E-state index is 0.216. The van der Waals surface area contributed by atoms with Gasteiger partial charge in [0.05, 0.1) is 30.1 Å². The van der Waals surface area contributed by atoms with Crippen molar-refractivity contribution in [3.63, 3.8) is 0 Å². The van der Waals surface area contributed by atoms with Crippen LogP contribution in [0, 0.1) is 5.92 Å². The number of nitrogens with zero attached hydrogens (tertiary/aromatic N) is 4. The average molecular weight is 547 g/mol. The van der Waals surface area contributed by atoms with Crippen LogP contribution in [0.3, 0.4) is 0 Å². The van der Waals surface area contributed by atoms with Crippen LogP contribution >= 0.6 is 0 Å². The molecule has 2 atom stereocenters. The second-order valence-electron chi connectivity index (χ2n) is 11.5. The Kier molecular flexibility index (Phi) is 9.52. The van der Waals surface area contributed by atoms with Crippen molar-refractivity contribution in [2.45, 2.75) is 71.7 Å². The summed E-state index contributed by atoms with van der Waals surface area (Å²) in [5.74, 6) is 1.38. The van der Waals surface area contributed by atoms with Gasteiger partial charge in [-0.3, -0.25) is 9.55 Å². The van der Waals surface area contributed by atoms with E-state index in [-0.39, 0.29) is 12.3 Å². The Balaban J connectivity index is 1.47. The molecule has 2 aromatic heterocycles. The number of imidazole rings is 1. The molecule has 1 aliphatic heterocycles. The summed E-state index contributed by atoms with van der Waals surface area (Å²) in [4.78, 5) is 12.5. The summed E-state index contributed by atoms with van der Waals surface area (Å²) in [6.07, 6.45) is 7.83. The lowest BCUT2D eigenvalue weighted by Crippen LogP contribution is -2.46. The highest BCUT2D eigenvalue weighted by atomic mass is 16.5. The number of likely N-dealkylation sites (tertiary alicyclic amines) is 1. The third-order valence-corrected chi connectivity index (χ3v) is 8.33. The van der Waals surface area contributed by atoms with E-state index in [2.05, 4.69) is 65.9 Å². The van der Waals surface area contributed by atoms with Gasteiger partial charge in [0.25, 0.3) is 0 Å². The maximum atomic E-state index is 6.67. The molecule has 8 heteroatoms. The summed E-state index contributed by atoms with van der Waals surface area (Å²) in [6.45, 7) is 13.3. The van der Waals surface area contributed by atoms with E-state index >= 15 is 0 Å². The lowest BCUT2D eigenvalue weighted by Gasteiger charge is -2.35. The van der Waals surface area contributed by atoms with Crippen molar-refractivity contribution in [2.24, 2.45) is 11.7 Å². The minimum atomic E-state index is -0.368. The smallest absolute Gasteiger partial charge is 0.206 e. The summed E-state index contributed by atoms with van der Waals surface area (Å²) >= 11 is 0. The van der Waals surface area contributed by atoms with Gasteiger partial charge in [-0.1, -0.05) is 44.2 Å². The number of ether oxygens (including phenoxy) is 2. The van der Waals surface area contributed by atoms with E-state index < -0.39 is 0 Å². The normalized spacial score (nSPS) is 18.1. The third kappa shape index (κ3) is 6.41. The molecule has 2 unspecified atom stereocenters. The zero-order chi connectivity index (χ0) is 28.1. The molecule has 0 radical (unpaired) electrons. The summed E-state index contributed by atoms with van der Waals surface area (Å²) < 4.78 is 14.6. The van der Waals surface area contributed by atoms with Gasteiger partial charge in [-0.2, -0.15) is 0 Å². The molecule has 3 heterocycles. The number of allylic oxidation sites excluding steroid dienone is 2. The number of benzene rings is 1. The number of aromatic nitrogens is 3. The first kappa shape index (κ1) is 28.7. The van der Waals surface area contributed by atoms with Crippen LogP contribution in [0.5, 0.6) is 0 Å². The van der Waals surface area contributed by atoms with Crippen molar-refractivity contribution in [3.05, 3.63) is 59.6 Å². The predicted molar refractivity (Wildman–Crippen MR) is 162 cm³/mol. The number of fused-ring (bicyclic) bond motifs is 2. The quantitative estimate of drug-likeness (QED) is 0.300. The number of anilines is 1. The standard InChI is InChI=1S/C32H46N6O2/c1-5-39-19-20-40-31(26-12-7-10-24-11-8-16-34-30(24)26)38-28-13-6-9-23(4)29(28)36-32(38)35-25-14-17-37(18-15-25)21-27(33)22(2)3/h7-12,16,22,25,27,31H,5-6,13-15,17-21,33H2,1-4H3,(H,35,36). The van der Waals surface area contributed by atoms with Crippen molar-refractivity contribution in [2.75, 3.05) is 44.8 Å². The molecule has 40 heavy (non-hydrogen) atoms. The molecule has 0 saturated carbocycles. The fourth-order valence-electron chi connectivity index (χ4n) is 5.84. The third-order valence-electron chi connectivity index (χ3n) is 8.33. The van der Waals surface area contributed by atoms with E-state index in [1.165, 1.54) is 11.3 Å². The highest BCUT2D eigenvalue weighted by Gasteiger charge is 2.30. The summed E-state index contributed by atoms with van der Waals surface area (Å²) in [7, 11) is 0. The maximum absolute atomic E-state index is 6.67. The monoisotopic (exact) mass is 546 g/mol. The predicted octanol–water partition coefficient (Wildman–Crippen LogP) is 5.24. The summed E-state index contributed by atoms with van der Waals surface area (Å²) in [6, 6.07) is 11.0. The van der Waals surface area contributed by atoms with Crippen LogP contribution in [0.25, 0.3) is 16.5 Å². The molecule has 0 spiro atoms. The van der Waals surface area contributed by atoms with E-state index in [0.717, 1.165) is 73.4 Å². The zero-order valence-electron chi connectivity index (χ0n) is 24.6. The molecule has 216 valence electrons. The number of hydrogen-bond acceptors (Lipinski definition) is 7. The van der Waals surface area contributed by atoms with Gasteiger partial charge in [-0.25, -0.2) is 4.98 Å². The minimum Gasteiger partial charge on any atom is -0.379 e. The van der Waals surface area contributed by atoms with Gasteiger partial charge >= 0.3 is 0 Å². The van der Waals surface area contributed by atoms with E-state index in [1.807, 2.05) is 19.2 Å². The topological polar surface area (TPSA) is 90.5 Å². The molecular formula is C32H46N6O2. The number of pyridine rings is 1. The van der Waals surface area contributed by atoms with Gasteiger partial charge in [-0.15, -0.1) is 0 Å². The van der Waals surface area contributed by atoms with E-state index in [0.29, 0.717) is 31.8 Å². The molecular weight excluding hydrogens is 500 g/mol. The maximum Gasteiger partial charge on any atom is 0.206 e. The number of para-hydroxylation sites is 1. The van der Waals surface area contributed by atoms with Gasteiger partial charge in [0.1, 0.15) is 0 Å². The second-order valence-corrected chi connectivity index (χ2v) is 11.5. The van der Waals surface area contributed by atoms with Crippen molar-refractivity contribution in [3.8, 4) is 0 Å². The number of nitrogens with two attached hydrogens (primary N) is 1. The number of rotatable bonds is 12. The first-order chi connectivity index (χ1) is 19.5. The number of nitrogens with one attached hydrogen (secondary N) is 1. The molecule has 1 fully saturated rings. The van der Waals surface area contributed by atoms with E-state index in [1.54, 1.807) is 0 Å². The molecule has 1 aromatic carbocycles. The SMILES string of the molecule is CCOCCOC(c1cccc2cccnc12)n1c(NC2CCN(CC(N)C(C)C)CC2)nc2c1CCC=C2C. The van der Waals surface area contributed by atoms with Crippen molar-refractivity contribution < 1.29 is 9.47 Å². The first-order valence-corrected chi connectivity index (χ1v) is 15.0. The van der Waals surface area contributed by atoms with Crippen molar-refractivity contribution in [1.82, 2.24) is 19.4 Å². The average Bonchev–Trinajstić information content (AvgIpc) is 3.33. The molecule has 3 N–H and O–H groups in total. The lowest BCUT2D eigenvalue weighted by molar-refractivity contribution is -0.00675. The van der Waals surface area contributed by atoms with Crippen LogP contribution in [0.1, 0.15) is 70.1 Å². The highest BCUT2D eigenvalue weighted by Crippen LogP contribution is 2.36. The summed E-state index contributed by atoms with van der Waals surface area (Å²) in [5, 5.41) is 4.96. The highest BCUT2D eigenvalue weighted by molar-refractivity contribution is 5.82. The fraction of sp³-hybridized carbons (Fsp3) is 0.562. The molecule has 0 amide bonds. The molecule has 1 aliphatic carbocycles. The zero-order valence-corrected chi connectivity index (χ0v) is 24.6. The molecule has 5 rings (SSSR count). The Bertz CT molecular complexity index is 1290. The van der Waals surface area contributed by atoms with Gasteiger partial charge < -0.3 is 25.4 Å². The van der Waals surface area contributed by atoms with Gasteiger partial charge in [0.2, 0.25) is 5.95 Å². The molecule has 8 nitrogen and oxygen atoms in total. The Morgan fingerprint density at radius 3 is 2.70 bits per heavy atom. The van der Waals surface area contributed by atoms with Crippen LogP contribution in [0.4, 0.5) is 5.95 Å². The Hall–Kier alpha value is -2.78. The van der Waals surface area contributed by atoms with Gasteiger partial charge in [0, 0.05) is 55.5 Å². The van der Waals surface area contributed by atoms with Crippen molar-refractivity contribution in [1.29, 1.82) is 0 Å². The fourth-order valence-corrected chi connectivity index (χ4v) is 5.84. The molecule has 2 aliphatic rings. The largest absolute Gasteiger partial charge is 0.379 e. The first-order valence-electron chi connectivity index (χ1n) is 15.0. The Morgan fingerprint density at radius 2 is 1.93 bits per heavy atom. The van der Waals surface area contributed by atoms with Crippen LogP contribution in [-0.2, 0) is 15.9 Å². The summed E-state index contributed by atoms with van der Waals surface area (Å²) in [5.41, 5.74) is 11.9. The van der Waals surface area contributed by atoms with Crippen molar-refractivity contribution >= 4 is 22.4 Å². The second kappa shape index (κ2) is 13.3. The van der Waals surface area contributed by atoms with Crippen LogP contribution < -0.4 is 11.1 Å². The van der Waals surface area contributed by atoms with Crippen LogP contribution in [0.2, 0.25) is 0 Å². The molecule has 1 saturated heterocycles. The number of hydrogen-bond donors (Lipinski definition) is 2. The van der Waals surface area contributed by atoms with Gasteiger partial charge in [-0.05, 0) is 57.1 Å².